The highest BCUT2D eigenvalue weighted by Gasteiger charge is 2.05. The SMILES string of the molecule is C=C(OC)C([Si])=C(OC)OC. The van der Waals surface area contributed by atoms with Crippen molar-refractivity contribution in [1.29, 1.82) is 0 Å². The lowest BCUT2D eigenvalue weighted by Gasteiger charge is -2.09. The number of hydrogen-bond acceptors (Lipinski definition) is 3. The summed E-state index contributed by atoms with van der Waals surface area (Å²) in [7, 11) is 7.77. The highest BCUT2D eigenvalue weighted by Crippen LogP contribution is 2.10. The van der Waals surface area contributed by atoms with E-state index in [1.807, 2.05) is 0 Å². The smallest absolute Gasteiger partial charge is 0.280 e. The molecule has 0 atom stereocenters. The summed E-state index contributed by atoms with van der Waals surface area (Å²) in [6, 6.07) is 0. The van der Waals surface area contributed by atoms with Crippen LogP contribution in [0.3, 0.4) is 0 Å². The Bertz CT molecular complexity index is 169. The zero-order valence-electron chi connectivity index (χ0n) is 6.93. The predicted molar refractivity (Wildman–Crippen MR) is 42.9 cm³/mol. The molecule has 4 heteroatoms. The molecule has 0 aliphatic rings. The van der Waals surface area contributed by atoms with E-state index < -0.39 is 0 Å². The monoisotopic (exact) mass is 171 g/mol. The summed E-state index contributed by atoms with van der Waals surface area (Å²) in [6.07, 6.45) is 0. The quantitative estimate of drug-likeness (QED) is 0.355. The molecular weight excluding hydrogens is 160 g/mol. The van der Waals surface area contributed by atoms with Crippen LogP contribution in [0.5, 0.6) is 0 Å². The van der Waals surface area contributed by atoms with Gasteiger partial charge in [0.2, 0.25) is 0 Å². The Morgan fingerprint density at radius 3 is 1.82 bits per heavy atom. The minimum atomic E-state index is 0.341. The Kier molecular flexibility index (Phi) is 4.45. The highest BCUT2D eigenvalue weighted by atomic mass is 28.1. The molecule has 0 aromatic rings. The van der Waals surface area contributed by atoms with Crippen LogP contribution < -0.4 is 0 Å². The summed E-state index contributed by atoms with van der Waals surface area (Å²) < 4.78 is 14.5. The largest absolute Gasteiger partial charge is 0.497 e. The Morgan fingerprint density at radius 1 is 1.09 bits per heavy atom. The lowest BCUT2D eigenvalue weighted by Crippen LogP contribution is -2.00. The number of hydrogen-bond donors (Lipinski definition) is 0. The molecule has 0 rings (SSSR count). The Labute approximate surface area is 70.1 Å². The molecule has 0 aliphatic heterocycles. The van der Waals surface area contributed by atoms with E-state index in [0.717, 1.165) is 0 Å². The van der Waals surface area contributed by atoms with Gasteiger partial charge in [-0.3, -0.25) is 0 Å². The molecule has 0 bridgehead atoms. The van der Waals surface area contributed by atoms with Gasteiger partial charge in [-0.05, 0) is 0 Å². The van der Waals surface area contributed by atoms with Gasteiger partial charge in [-0.25, -0.2) is 0 Å². The topological polar surface area (TPSA) is 27.7 Å². The fourth-order valence-electron chi connectivity index (χ4n) is 0.503. The molecule has 0 saturated carbocycles. The molecule has 11 heavy (non-hydrogen) atoms. The molecule has 3 radical (unpaired) electrons. The zero-order chi connectivity index (χ0) is 8.85. The Morgan fingerprint density at radius 2 is 1.55 bits per heavy atom. The second-order valence-electron chi connectivity index (χ2n) is 1.70. The average molecular weight is 171 g/mol. The van der Waals surface area contributed by atoms with E-state index in [2.05, 4.69) is 16.8 Å². The Hall–Kier alpha value is -0.903. The third-order valence-electron chi connectivity index (χ3n) is 1.10. The molecule has 0 aliphatic carbocycles. The van der Waals surface area contributed by atoms with E-state index in [4.69, 9.17) is 14.2 Å². The highest BCUT2D eigenvalue weighted by molar-refractivity contribution is 6.24. The van der Waals surface area contributed by atoms with Gasteiger partial charge < -0.3 is 14.2 Å². The molecule has 0 heterocycles. The van der Waals surface area contributed by atoms with E-state index in [1.165, 1.54) is 21.3 Å². The van der Waals surface area contributed by atoms with Gasteiger partial charge in [0.05, 0.1) is 36.8 Å². The van der Waals surface area contributed by atoms with Crippen LogP contribution in [-0.4, -0.2) is 31.6 Å². The normalized spacial score (nSPS) is 8.36. The average Bonchev–Trinajstić information content (AvgIpc) is 2.05. The first-order valence-corrected chi connectivity index (χ1v) is 3.44. The third-order valence-corrected chi connectivity index (χ3v) is 1.58. The van der Waals surface area contributed by atoms with Gasteiger partial charge >= 0.3 is 0 Å². The van der Waals surface area contributed by atoms with Crippen molar-refractivity contribution in [3.63, 3.8) is 0 Å². The summed E-state index contributed by atoms with van der Waals surface area (Å²) in [5, 5.41) is 0.567. The van der Waals surface area contributed by atoms with Gasteiger partial charge in [-0.15, -0.1) is 0 Å². The van der Waals surface area contributed by atoms with Gasteiger partial charge in [0.25, 0.3) is 5.95 Å². The number of methoxy groups -OCH3 is 3. The summed E-state index contributed by atoms with van der Waals surface area (Å²) in [6.45, 7) is 3.60. The van der Waals surface area contributed by atoms with Gasteiger partial charge in [0, 0.05) is 0 Å². The summed E-state index contributed by atoms with van der Waals surface area (Å²) in [5.74, 6) is 0.800. The van der Waals surface area contributed by atoms with E-state index in [-0.39, 0.29) is 0 Å². The molecule has 0 amide bonds. The Balaban J connectivity index is 4.46. The van der Waals surface area contributed by atoms with E-state index in [9.17, 15) is 0 Å². The van der Waals surface area contributed by atoms with E-state index >= 15 is 0 Å². The molecule has 3 nitrogen and oxygen atoms in total. The fourth-order valence-corrected chi connectivity index (χ4v) is 0.810. The van der Waals surface area contributed by atoms with Crippen LogP contribution in [-0.2, 0) is 14.2 Å². The first-order valence-electron chi connectivity index (χ1n) is 2.94. The van der Waals surface area contributed by atoms with Gasteiger partial charge in [-0.2, -0.15) is 0 Å². The summed E-state index contributed by atoms with van der Waals surface area (Å²) in [5.41, 5.74) is 0. The maximum absolute atomic E-state index is 4.85. The molecular formula is C7H11O3Si. The first kappa shape index (κ1) is 10.1. The molecule has 0 fully saturated rings. The summed E-state index contributed by atoms with van der Waals surface area (Å²) >= 11 is 0. The van der Waals surface area contributed by atoms with Crippen LogP contribution in [0.1, 0.15) is 0 Å². The number of allylic oxidation sites excluding steroid dienone is 1. The van der Waals surface area contributed by atoms with Crippen molar-refractivity contribution < 1.29 is 14.2 Å². The first-order chi connectivity index (χ1) is 5.17. The van der Waals surface area contributed by atoms with Crippen LogP contribution in [0.25, 0.3) is 0 Å². The van der Waals surface area contributed by atoms with Crippen molar-refractivity contribution in [1.82, 2.24) is 0 Å². The lowest BCUT2D eigenvalue weighted by atomic mass is 10.5. The van der Waals surface area contributed by atoms with Crippen LogP contribution in [0.4, 0.5) is 0 Å². The van der Waals surface area contributed by atoms with Gasteiger partial charge in [0.15, 0.2) is 0 Å². The third kappa shape index (κ3) is 2.67. The minimum Gasteiger partial charge on any atom is -0.497 e. The molecule has 0 spiro atoms. The molecule has 0 aromatic heterocycles. The van der Waals surface area contributed by atoms with E-state index in [0.29, 0.717) is 16.9 Å². The number of rotatable bonds is 4. The van der Waals surface area contributed by atoms with Crippen LogP contribution in [0.15, 0.2) is 23.5 Å². The molecule has 0 aromatic carbocycles. The van der Waals surface area contributed by atoms with Crippen molar-refractivity contribution in [2.45, 2.75) is 0 Å². The second-order valence-corrected chi connectivity index (χ2v) is 2.20. The molecule has 0 unspecified atom stereocenters. The summed E-state index contributed by atoms with van der Waals surface area (Å²) in [4.78, 5) is 0. The van der Waals surface area contributed by atoms with Crippen molar-refractivity contribution >= 4 is 10.2 Å². The van der Waals surface area contributed by atoms with Crippen molar-refractivity contribution in [2.24, 2.45) is 0 Å². The van der Waals surface area contributed by atoms with Crippen LogP contribution in [0.2, 0.25) is 0 Å². The lowest BCUT2D eigenvalue weighted by molar-refractivity contribution is 0.0916. The van der Waals surface area contributed by atoms with Gasteiger partial charge in [0.1, 0.15) is 5.76 Å². The van der Waals surface area contributed by atoms with Crippen LogP contribution in [0, 0.1) is 0 Å². The van der Waals surface area contributed by atoms with Crippen molar-refractivity contribution in [3.05, 3.63) is 23.5 Å². The molecule has 61 valence electrons. The maximum atomic E-state index is 4.85. The fraction of sp³-hybridized carbons (Fsp3) is 0.429. The standard InChI is InChI=1S/C7H11O3Si/c1-5(8-2)6(11)7(9-3)10-4/h1H2,2-4H3. The predicted octanol–water partition coefficient (Wildman–Crippen LogP) is 0.777. The van der Waals surface area contributed by atoms with Gasteiger partial charge in [-0.1, -0.05) is 6.58 Å². The zero-order valence-corrected chi connectivity index (χ0v) is 7.93. The number of ether oxygens (including phenoxy) is 3. The van der Waals surface area contributed by atoms with E-state index in [1.54, 1.807) is 0 Å². The molecule has 0 N–H and O–H groups in total. The maximum Gasteiger partial charge on any atom is 0.280 e. The minimum absolute atomic E-state index is 0.341. The van der Waals surface area contributed by atoms with Crippen LogP contribution >= 0.6 is 0 Å². The second kappa shape index (κ2) is 4.84. The van der Waals surface area contributed by atoms with Crippen molar-refractivity contribution in [2.75, 3.05) is 21.3 Å². The molecule has 0 saturated heterocycles. The van der Waals surface area contributed by atoms with Crippen molar-refractivity contribution in [3.8, 4) is 0 Å².